The number of aliphatic imine (C=N–C) groups is 1. The minimum Gasteiger partial charge on any atom is -0.474 e. The molecule has 2 aliphatic rings. The molecule has 3 rings (SSSR count). The summed E-state index contributed by atoms with van der Waals surface area (Å²) in [4.78, 5) is 9.08. The van der Waals surface area contributed by atoms with E-state index in [1.807, 2.05) is 18.3 Å². The molecule has 1 atom stereocenters. The van der Waals surface area contributed by atoms with Crippen LogP contribution in [0.4, 0.5) is 0 Å². The van der Waals surface area contributed by atoms with E-state index in [9.17, 15) is 0 Å². The number of pyridine rings is 1. The Morgan fingerprint density at radius 3 is 2.82 bits per heavy atom. The predicted molar refractivity (Wildman–Crippen MR) is 110 cm³/mol. The van der Waals surface area contributed by atoms with Gasteiger partial charge in [-0.25, -0.2) is 9.98 Å². The SMILES string of the molecule is CCNC(=NCc1ccc(OC2CCCC2)nc1)NCCCOC1CCOC1. The van der Waals surface area contributed by atoms with Crippen molar-refractivity contribution in [1.82, 2.24) is 15.6 Å². The van der Waals surface area contributed by atoms with Crippen molar-refractivity contribution in [3.05, 3.63) is 23.9 Å². The van der Waals surface area contributed by atoms with Crippen LogP contribution in [0.1, 0.15) is 51.0 Å². The van der Waals surface area contributed by atoms with Gasteiger partial charge in [0, 0.05) is 38.6 Å². The molecule has 1 aliphatic carbocycles. The second-order valence-electron chi connectivity index (χ2n) is 7.36. The topological polar surface area (TPSA) is 77.0 Å². The van der Waals surface area contributed by atoms with Gasteiger partial charge in [-0.15, -0.1) is 0 Å². The van der Waals surface area contributed by atoms with Crippen LogP contribution in [0.25, 0.3) is 0 Å². The Hall–Kier alpha value is -1.86. The van der Waals surface area contributed by atoms with Crippen molar-refractivity contribution in [3.63, 3.8) is 0 Å². The van der Waals surface area contributed by atoms with Crippen LogP contribution in [0.5, 0.6) is 5.88 Å². The molecule has 1 aromatic rings. The zero-order valence-corrected chi connectivity index (χ0v) is 17.0. The average Bonchev–Trinajstić information content (AvgIpc) is 3.41. The fourth-order valence-electron chi connectivity index (χ4n) is 3.44. The second-order valence-corrected chi connectivity index (χ2v) is 7.36. The van der Waals surface area contributed by atoms with Gasteiger partial charge in [0.2, 0.25) is 5.88 Å². The molecule has 1 saturated heterocycles. The number of hydrogen-bond acceptors (Lipinski definition) is 5. The Morgan fingerprint density at radius 1 is 1.21 bits per heavy atom. The quantitative estimate of drug-likeness (QED) is 0.363. The number of guanidine groups is 1. The summed E-state index contributed by atoms with van der Waals surface area (Å²) in [5, 5.41) is 6.64. The molecule has 2 N–H and O–H groups in total. The van der Waals surface area contributed by atoms with Crippen LogP contribution in [0, 0.1) is 0 Å². The first-order valence-corrected chi connectivity index (χ1v) is 10.7. The number of ether oxygens (including phenoxy) is 3. The van der Waals surface area contributed by atoms with Crippen molar-refractivity contribution < 1.29 is 14.2 Å². The third-order valence-corrected chi connectivity index (χ3v) is 5.01. The standard InChI is InChI=1S/C21H34N4O3/c1-2-22-21(23-11-5-12-27-19-10-13-26-16-19)25-15-17-8-9-20(24-14-17)28-18-6-3-4-7-18/h8-9,14,18-19H,2-7,10-13,15-16H2,1H3,(H2,22,23,25). The first-order chi connectivity index (χ1) is 13.8. The van der Waals surface area contributed by atoms with Crippen LogP contribution < -0.4 is 15.4 Å². The van der Waals surface area contributed by atoms with Crippen LogP contribution in [-0.2, 0) is 16.0 Å². The molecule has 0 amide bonds. The molecule has 7 nitrogen and oxygen atoms in total. The van der Waals surface area contributed by atoms with E-state index in [1.54, 1.807) is 0 Å². The summed E-state index contributed by atoms with van der Waals surface area (Å²) in [6, 6.07) is 4.00. The number of nitrogens with zero attached hydrogens (tertiary/aromatic N) is 2. The highest BCUT2D eigenvalue weighted by molar-refractivity contribution is 5.79. The highest BCUT2D eigenvalue weighted by atomic mass is 16.5. The van der Waals surface area contributed by atoms with Crippen LogP contribution >= 0.6 is 0 Å². The van der Waals surface area contributed by atoms with Crippen molar-refractivity contribution in [1.29, 1.82) is 0 Å². The Morgan fingerprint density at radius 2 is 2.11 bits per heavy atom. The van der Waals surface area contributed by atoms with Gasteiger partial charge in [-0.05, 0) is 51.0 Å². The lowest BCUT2D eigenvalue weighted by molar-refractivity contribution is 0.0420. The lowest BCUT2D eigenvalue weighted by Gasteiger charge is -2.13. The summed E-state index contributed by atoms with van der Waals surface area (Å²) in [7, 11) is 0. The molecule has 1 saturated carbocycles. The molecule has 28 heavy (non-hydrogen) atoms. The van der Waals surface area contributed by atoms with Crippen LogP contribution in [0.2, 0.25) is 0 Å². The molecule has 0 aromatic carbocycles. The van der Waals surface area contributed by atoms with Crippen LogP contribution in [-0.4, -0.2) is 56.1 Å². The highest BCUT2D eigenvalue weighted by Crippen LogP contribution is 2.22. The van der Waals surface area contributed by atoms with Gasteiger partial charge in [0.1, 0.15) is 6.10 Å². The molecular weight excluding hydrogens is 356 g/mol. The minimum atomic E-state index is 0.273. The Balaban J connectivity index is 1.37. The molecule has 1 aromatic heterocycles. The molecule has 7 heteroatoms. The van der Waals surface area contributed by atoms with Crippen molar-refractivity contribution >= 4 is 5.96 Å². The summed E-state index contributed by atoms with van der Waals surface area (Å²) in [5.41, 5.74) is 1.07. The first-order valence-electron chi connectivity index (χ1n) is 10.7. The van der Waals surface area contributed by atoms with Crippen LogP contribution in [0.3, 0.4) is 0 Å². The minimum absolute atomic E-state index is 0.273. The molecule has 2 fully saturated rings. The lowest BCUT2D eigenvalue weighted by atomic mass is 10.3. The van der Waals surface area contributed by atoms with Crippen LogP contribution in [0.15, 0.2) is 23.3 Å². The Kier molecular flexibility index (Phi) is 8.84. The Bertz CT molecular complexity index is 582. The van der Waals surface area contributed by atoms with E-state index in [1.165, 1.54) is 12.8 Å². The van der Waals surface area contributed by atoms with E-state index in [-0.39, 0.29) is 6.10 Å². The first kappa shape index (κ1) is 20.9. The zero-order chi connectivity index (χ0) is 19.4. The molecule has 2 heterocycles. The van der Waals surface area contributed by atoms with Crippen molar-refractivity contribution in [2.45, 2.75) is 64.2 Å². The summed E-state index contributed by atoms with van der Waals surface area (Å²) in [6.45, 7) is 6.60. The van der Waals surface area contributed by atoms with Gasteiger partial charge in [-0.3, -0.25) is 0 Å². The molecule has 0 bridgehead atoms. The third kappa shape index (κ3) is 7.28. The smallest absolute Gasteiger partial charge is 0.213 e. The van der Waals surface area contributed by atoms with Gasteiger partial charge < -0.3 is 24.8 Å². The molecule has 1 aliphatic heterocycles. The van der Waals surface area contributed by atoms with E-state index in [0.29, 0.717) is 12.6 Å². The lowest BCUT2D eigenvalue weighted by Crippen LogP contribution is -2.38. The molecule has 0 spiro atoms. The maximum atomic E-state index is 5.92. The summed E-state index contributed by atoms with van der Waals surface area (Å²) >= 11 is 0. The van der Waals surface area contributed by atoms with Gasteiger partial charge in [0.15, 0.2) is 5.96 Å². The van der Waals surface area contributed by atoms with Crippen molar-refractivity contribution in [2.24, 2.45) is 4.99 Å². The summed E-state index contributed by atoms with van der Waals surface area (Å²) in [6.07, 6.45) is 9.23. The fourth-order valence-corrected chi connectivity index (χ4v) is 3.44. The summed E-state index contributed by atoms with van der Waals surface area (Å²) in [5.74, 6) is 1.54. The second kappa shape index (κ2) is 11.9. The van der Waals surface area contributed by atoms with Gasteiger partial charge in [-0.2, -0.15) is 0 Å². The molecule has 156 valence electrons. The van der Waals surface area contributed by atoms with E-state index in [4.69, 9.17) is 14.2 Å². The Labute approximate surface area is 168 Å². The maximum Gasteiger partial charge on any atom is 0.213 e. The number of aromatic nitrogens is 1. The third-order valence-electron chi connectivity index (χ3n) is 5.01. The van der Waals surface area contributed by atoms with E-state index < -0.39 is 0 Å². The average molecular weight is 391 g/mol. The van der Waals surface area contributed by atoms with E-state index >= 15 is 0 Å². The van der Waals surface area contributed by atoms with Gasteiger partial charge in [0.25, 0.3) is 0 Å². The predicted octanol–water partition coefficient (Wildman–Crippen LogP) is 2.65. The fraction of sp³-hybridized carbons (Fsp3) is 0.714. The van der Waals surface area contributed by atoms with Gasteiger partial charge >= 0.3 is 0 Å². The highest BCUT2D eigenvalue weighted by Gasteiger charge is 2.17. The molecule has 1 unspecified atom stereocenters. The zero-order valence-electron chi connectivity index (χ0n) is 17.0. The number of hydrogen-bond donors (Lipinski definition) is 2. The largest absolute Gasteiger partial charge is 0.474 e. The van der Waals surface area contributed by atoms with Gasteiger partial charge in [0.05, 0.1) is 19.3 Å². The number of rotatable bonds is 10. The van der Waals surface area contributed by atoms with E-state index in [0.717, 1.165) is 76.0 Å². The monoisotopic (exact) mass is 390 g/mol. The van der Waals surface area contributed by atoms with Gasteiger partial charge in [-0.1, -0.05) is 6.07 Å². The molecule has 0 radical (unpaired) electrons. The normalized spacial score (nSPS) is 20.5. The summed E-state index contributed by atoms with van der Waals surface area (Å²) < 4.78 is 17.0. The molecular formula is C21H34N4O3. The number of nitrogens with one attached hydrogen (secondary N) is 2. The van der Waals surface area contributed by atoms with Crippen molar-refractivity contribution in [2.75, 3.05) is 32.9 Å². The van der Waals surface area contributed by atoms with Crippen molar-refractivity contribution in [3.8, 4) is 5.88 Å². The van der Waals surface area contributed by atoms with E-state index in [2.05, 4.69) is 27.5 Å². The maximum absolute atomic E-state index is 5.92.